The Morgan fingerprint density at radius 1 is 1.18 bits per heavy atom. The summed E-state index contributed by atoms with van der Waals surface area (Å²) >= 11 is 2.87. The molecule has 0 fully saturated rings. The van der Waals surface area contributed by atoms with Crippen molar-refractivity contribution in [3.05, 3.63) is 67.9 Å². The van der Waals surface area contributed by atoms with Crippen molar-refractivity contribution in [2.24, 2.45) is 0 Å². The SMILES string of the molecule is COC(=O)c1c(NC(=O)Cn2cnc3sc(C)c(-c4ccccc4)c3c2=O)sc2c1CCC2. The number of esters is 1. The second kappa shape index (κ2) is 8.57. The smallest absolute Gasteiger partial charge is 0.341 e. The van der Waals surface area contributed by atoms with Gasteiger partial charge in [0.2, 0.25) is 5.91 Å². The summed E-state index contributed by atoms with van der Waals surface area (Å²) in [7, 11) is 1.33. The maximum Gasteiger partial charge on any atom is 0.341 e. The van der Waals surface area contributed by atoms with Gasteiger partial charge in [-0.05, 0) is 37.3 Å². The summed E-state index contributed by atoms with van der Waals surface area (Å²) in [5, 5.41) is 3.82. The summed E-state index contributed by atoms with van der Waals surface area (Å²) in [4.78, 5) is 45.7. The molecule has 3 aromatic heterocycles. The van der Waals surface area contributed by atoms with Gasteiger partial charge in [-0.15, -0.1) is 22.7 Å². The molecule has 7 nitrogen and oxygen atoms in total. The summed E-state index contributed by atoms with van der Waals surface area (Å²) in [5.41, 5.74) is 2.93. The van der Waals surface area contributed by atoms with Gasteiger partial charge in [0.25, 0.3) is 5.56 Å². The van der Waals surface area contributed by atoms with Gasteiger partial charge >= 0.3 is 5.97 Å². The van der Waals surface area contributed by atoms with Crippen LogP contribution in [0.2, 0.25) is 0 Å². The molecule has 9 heteroatoms. The Balaban J connectivity index is 1.47. The van der Waals surface area contributed by atoms with Crippen molar-refractivity contribution in [3.63, 3.8) is 0 Å². The number of nitrogens with zero attached hydrogens (tertiary/aromatic N) is 2. The molecule has 0 atom stereocenters. The number of aryl methyl sites for hydroxylation is 2. The average molecular weight is 480 g/mol. The van der Waals surface area contributed by atoms with Gasteiger partial charge in [0, 0.05) is 15.3 Å². The summed E-state index contributed by atoms with van der Waals surface area (Å²) in [6, 6.07) is 9.71. The fourth-order valence-corrected chi connectivity index (χ4v) is 6.63. The monoisotopic (exact) mass is 479 g/mol. The van der Waals surface area contributed by atoms with Crippen molar-refractivity contribution in [1.82, 2.24) is 9.55 Å². The second-order valence-corrected chi connectivity index (χ2v) is 10.2. The molecular weight excluding hydrogens is 458 g/mol. The first kappa shape index (κ1) is 21.5. The molecule has 0 unspecified atom stereocenters. The number of ether oxygens (including phenoxy) is 1. The highest BCUT2D eigenvalue weighted by Gasteiger charge is 2.28. The summed E-state index contributed by atoms with van der Waals surface area (Å²) < 4.78 is 6.25. The molecule has 0 bridgehead atoms. The predicted molar refractivity (Wildman–Crippen MR) is 130 cm³/mol. The van der Waals surface area contributed by atoms with Crippen LogP contribution in [0.25, 0.3) is 21.3 Å². The van der Waals surface area contributed by atoms with E-state index in [1.165, 1.54) is 40.7 Å². The van der Waals surface area contributed by atoms with Crippen molar-refractivity contribution in [3.8, 4) is 11.1 Å². The van der Waals surface area contributed by atoms with Gasteiger partial charge in [0.05, 0.1) is 24.4 Å². The average Bonchev–Trinajstić information content (AvgIpc) is 3.48. The van der Waals surface area contributed by atoms with Gasteiger partial charge in [-0.1, -0.05) is 30.3 Å². The molecule has 0 aliphatic heterocycles. The molecule has 0 radical (unpaired) electrons. The van der Waals surface area contributed by atoms with Crippen LogP contribution in [-0.4, -0.2) is 28.5 Å². The first-order valence-corrected chi connectivity index (χ1v) is 12.2. The Kier molecular flexibility index (Phi) is 5.59. The zero-order valence-electron chi connectivity index (χ0n) is 18.1. The van der Waals surface area contributed by atoms with Gasteiger partial charge in [0.1, 0.15) is 16.4 Å². The number of thiophene rings is 2. The normalized spacial score (nSPS) is 12.7. The number of hydrogen-bond donors (Lipinski definition) is 1. The van der Waals surface area contributed by atoms with Gasteiger partial charge in [-0.3, -0.25) is 14.2 Å². The minimum Gasteiger partial charge on any atom is -0.465 e. The van der Waals surface area contributed by atoms with E-state index in [1.54, 1.807) is 0 Å². The molecular formula is C24H21N3O4S2. The van der Waals surface area contributed by atoms with Crippen LogP contribution in [0, 0.1) is 6.92 Å². The maximum atomic E-state index is 13.3. The maximum absolute atomic E-state index is 13.3. The van der Waals surface area contributed by atoms with Crippen LogP contribution in [0.3, 0.4) is 0 Å². The van der Waals surface area contributed by atoms with E-state index in [2.05, 4.69) is 10.3 Å². The Morgan fingerprint density at radius 2 is 1.97 bits per heavy atom. The number of carbonyl (C=O) groups excluding carboxylic acids is 2. The zero-order chi connectivity index (χ0) is 23.1. The summed E-state index contributed by atoms with van der Waals surface area (Å²) in [6.07, 6.45) is 4.08. The first-order chi connectivity index (χ1) is 16.0. The van der Waals surface area contributed by atoms with Crippen molar-refractivity contribution in [2.75, 3.05) is 12.4 Å². The number of nitrogens with one attached hydrogen (secondary N) is 1. The molecule has 0 spiro atoms. The van der Waals surface area contributed by atoms with E-state index in [0.717, 1.165) is 45.7 Å². The number of fused-ring (bicyclic) bond motifs is 2. The van der Waals surface area contributed by atoms with Crippen molar-refractivity contribution >= 4 is 49.8 Å². The van der Waals surface area contributed by atoms with Crippen molar-refractivity contribution < 1.29 is 14.3 Å². The number of amides is 1. The number of rotatable bonds is 5. The van der Waals surface area contributed by atoms with E-state index < -0.39 is 11.9 Å². The Hall–Kier alpha value is -3.30. The molecule has 0 saturated heterocycles. The summed E-state index contributed by atoms with van der Waals surface area (Å²) in [5.74, 6) is -0.845. The lowest BCUT2D eigenvalue weighted by molar-refractivity contribution is -0.116. The van der Waals surface area contributed by atoms with Crippen molar-refractivity contribution in [1.29, 1.82) is 0 Å². The van der Waals surface area contributed by atoms with Crippen LogP contribution in [0.5, 0.6) is 0 Å². The molecule has 1 amide bonds. The van der Waals surface area contributed by atoms with E-state index in [1.807, 2.05) is 37.3 Å². The lowest BCUT2D eigenvalue weighted by Crippen LogP contribution is -2.28. The lowest BCUT2D eigenvalue weighted by Gasteiger charge is -2.09. The molecule has 1 aromatic carbocycles. The topological polar surface area (TPSA) is 90.3 Å². The van der Waals surface area contributed by atoms with Crippen LogP contribution in [0.4, 0.5) is 5.00 Å². The highest BCUT2D eigenvalue weighted by atomic mass is 32.1. The number of anilines is 1. The van der Waals surface area contributed by atoms with Crippen molar-refractivity contribution in [2.45, 2.75) is 32.7 Å². The van der Waals surface area contributed by atoms with Gasteiger partial charge in [-0.25, -0.2) is 9.78 Å². The van der Waals surface area contributed by atoms with Crippen LogP contribution in [-0.2, 0) is 28.9 Å². The second-order valence-electron chi connectivity index (χ2n) is 7.86. The Labute approximate surface area is 197 Å². The van der Waals surface area contributed by atoms with Crippen LogP contribution < -0.4 is 10.9 Å². The minimum atomic E-state index is -0.453. The van der Waals surface area contributed by atoms with E-state index in [4.69, 9.17) is 4.74 Å². The first-order valence-electron chi connectivity index (χ1n) is 10.5. The van der Waals surface area contributed by atoms with Crippen LogP contribution >= 0.6 is 22.7 Å². The molecule has 1 aliphatic rings. The number of carbonyl (C=O) groups is 2. The van der Waals surface area contributed by atoms with Crippen LogP contribution in [0.1, 0.15) is 32.1 Å². The zero-order valence-corrected chi connectivity index (χ0v) is 19.8. The number of methoxy groups -OCH3 is 1. The molecule has 3 heterocycles. The van der Waals surface area contributed by atoms with E-state index >= 15 is 0 Å². The quantitative estimate of drug-likeness (QED) is 0.428. The number of aromatic nitrogens is 2. The Morgan fingerprint density at radius 3 is 2.73 bits per heavy atom. The fraction of sp³-hybridized carbons (Fsp3) is 0.250. The largest absolute Gasteiger partial charge is 0.465 e. The third kappa shape index (κ3) is 3.77. The summed E-state index contributed by atoms with van der Waals surface area (Å²) in [6.45, 7) is 1.77. The standard InChI is InChI=1S/C24H21N3O4S2/c1-13-18(14-7-4-3-5-8-14)20-21(32-13)25-12-27(23(20)29)11-17(28)26-22-19(24(30)31-2)15-9-6-10-16(15)33-22/h3-5,7-8,12H,6,9-11H2,1-2H3,(H,26,28). The van der Waals surface area contributed by atoms with Gasteiger partial charge in [0.15, 0.2) is 0 Å². The third-order valence-corrected chi connectivity index (χ3v) is 8.02. The fourth-order valence-electron chi connectivity index (χ4n) is 4.33. The van der Waals surface area contributed by atoms with E-state index in [9.17, 15) is 14.4 Å². The Bertz CT molecular complexity index is 1450. The van der Waals surface area contributed by atoms with Crippen LogP contribution in [0.15, 0.2) is 41.5 Å². The molecule has 168 valence electrons. The third-order valence-electron chi connectivity index (χ3n) is 5.79. The number of hydrogen-bond acceptors (Lipinski definition) is 7. The molecule has 4 aromatic rings. The van der Waals surface area contributed by atoms with E-state index in [0.29, 0.717) is 20.8 Å². The predicted octanol–water partition coefficient (Wildman–Crippen LogP) is 4.41. The molecule has 0 saturated carbocycles. The van der Waals surface area contributed by atoms with Gasteiger partial charge < -0.3 is 10.1 Å². The number of benzene rings is 1. The minimum absolute atomic E-state index is 0.200. The molecule has 33 heavy (non-hydrogen) atoms. The highest BCUT2D eigenvalue weighted by molar-refractivity contribution is 7.19. The molecule has 1 N–H and O–H groups in total. The lowest BCUT2D eigenvalue weighted by atomic mass is 10.0. The molecule has 5 rings (SSSR count). The van der Waals surface area contributed by atoms with Gasteiger partial charge in [-0.2, -0.15) is 0 Å². The van der Waals surface area contributed by atoms with E-state index in [-0.39, 0.29) is 12.1 Å². The molecule has 1 aliphatic carbocycles. The highest BCUT2D eigenvalue weighted by Crippen LogP contribution is 2.39.